The number of nitrogens with one attached hydrogen (secondary N) is 1. The molecule has 3 rings (SSSR count). The number of hydrogen-bond acceptors (Lipinski definition) is 4. The number of fused-ring (bicyclic) bond motifs is 1. The van der Waals surface area contributed by atoms with Crippen molar-refractivity contribution in [1.82, 2.24) is 10.5 Å². The van der Waals surface area contributed by atoms with Gasteiger partial charge < -0.3 is 14.9 Å². The zero-order chi connectivity index (χ0) is 14.8. The highest BCUT2D eigenvalue weighted by molar-refractivity contribution is 5.95. The topological polar surface area (TPSA) is 95.7 Å². The lowest BCUT2D eigenvalue weighted by atomic mass is 10.1. The lowest BCUT2D eigenvalue weighted by molar-refractivity contribution is 0.0697. The van der Waals surface area contributed by atoms with E-state index in [4.69, 9.17) is 9.63 Å². The molecule has 0 aliphatic carbocycles. The minimum atomic E-state index is -0.966. The number of benzene rings is 1. The van der Waals surface area contributed by atoms with Crippen LogP contribution in [0, 0.1) is 0 Å². The third-order valence-corrected chi connectivity index (χ3v) is 3.38. The average molecular weight is 287 g/mol. The Kier molecular flexibility index (Phi) is 3.31. The number of carbonyl (C=O) groups excluding carboxylic acids is 1. The van der Waals surface area contributed by atoms with Gasteiger partial charge in [0.15, 0.2) is 0 Å². The molecule has 0 unspecified atom stereocenters. The first-order valence-corrected chi connectivity index (χ1v) is 6.46. The highest BCUT2D eigenvalue weighted by atomic mass is 16.5. The van der Waals surface area contributed by atoms with Crippen molar-refractivity contribution in [3.8, 4) is 0 Å². The second-order valence-electron chi connectivity index (χ2n) is 4.70. The van der Waals surface area contributed by atoms with Crippen LogP contribution in [0.3, 0.4) is 0 Å². The first-order chi connectivity index (χ1) is 10.1. The number of carbonyl (C=O) groups is 2. The van der Waals surface area contributed by atoms with Gasteiger partial charge in [-0.3, -0.25) is 4.90 Å². The summed E-state index contributed by atoms with van der Waals surface area (Å²) in [5.74, 6) is -0.966. The molecular weight excluding hydrogens is 274 g/mol. The van der Waals surface area contributed by atoms with Gasteiger partial charge in [-0.25, -0.2) is 9.59 Å². The van der Waals surface area contributed by atoms with Gasteiger partial charge in [0.2, 0.25) is 0 Å². The van der Waals surface area contributed by atoms with E-state index < -0.39 is 5.97 Å². The van der Waals surface area contributed by atoms with E-state index >= 15 is 0 Å². The molecule has 1 aromatic heterocycles. The number of aromatic nitrogens is 1. The van der Waals surface area contributed by atoms with Crippen molar-refractivity contribution in [1.29, 1.82) is 0 Å². The second-order valence-corrected chi connectivity index (χ2v) is 4.70. The molecule has 7 nitrogen and oxygen atoms in total. The molecule has 7 heteroatoms. The van der Waals surface area contributed by atoms with Gasteiger partial charge in [0.1, 0.15) is 12.0 Å². The van der Waals surface area contributed by atoms with Crippen LogP contribution in [0.5, 0.6) is 0 Å². The molecule has 2 N–H and O–H groups in total. The molecule has 0 bridgehead atoms. The van der Waals surface area contributed by atoms with E-state index in [9.17, 15) is 9.59 Å². The first-order valence-electron chi connectivity index (χ1n) is 6.46. The minimum absolute atomic E-state index is 0.235. The third kappa shape index (κ3) is 2.58. The van der Waals surface area contributed by atoms with E-state index in [-0.39, 0.29) is 18.1 Å². The Morgan fingerprint density at radius 3 is 2.95 bits per heavy atom. The predicted octanol–water partition coefficient (Wildman–Crippen LogP) is 1.65. The summed E-state index contributed by atoms with van der Waals surface area (Å²) in [6.45, 7) is 0.817. The largest absolute Gasteiger partial charge is 0.478 e. The number of aromatic carboxylic acids is 1. The number of carboxylic acids is 1. The molecule has 1 aromatic carbocycles. The fourth-order valence-electron chi connectivity index (χ4n) is 2.34. The normalized spacial score (nSPS) is 13.0. The Labute approximate surface area is 120 Å². The van der Waals surface area contributed by atoms with Crippen LogP contribution >= 0.6 is 0 Å². The van der Waals surface area contributed by atoms with Crippen LogP contribution in [0.1, 0.15) is 21.6 Å². The Hall–Kier alpha value is -2.83. The molecule has 1 aliphatic rings. The van der Waals surface area contributed by atoms with Gasteiger partial charge in [0.05, 0.1) is 12.1 Å². The van der Waals surface area contributed by atoms with E-state index in [1.54, 1.807) is 23.1 Å². The number of nitrogens with zero attached hydrogens (tertiary/aromatic N) is 2. The monoisotopic (exact) mass is 287 g/mol. The van der Waals surface area contributed by atoms with Crippen LogP contribution in [0.2, 0.25) is 0 Å². The molecule has 2 aromatic rings. The number of rotatable bonds is 3. The van der Waals surface area contributed by atoms with Gasteiger partial charge >= 0.3 is 12.0 Å². The van der Waals surface area contributed by atoms with Crippen LogP contribution in [-0.2, 0) is 13.0 Å². The Bertz CT molecular complexity index is 682. The minimum Gasteiger partial charge on any atom is -0.478 e. The Morgan fingerprint density at radius 1 is 1.38 bits per heavy atom. The van der Waals surface area contributed by atoms with E-state index in [1.165, 1.54) is 12.3 Å². The number of urea groups is 1. The molecule has 0 saturated carbocycles. The standard InChI is InChI=1S/C14H13N3O4/c18-13(19)10-1-2-12-9(7-10)3-5-17(12)14(20)15-8-11-4-6-21-16-11/h1-2,4,6-7H,3,5,8H2,(H,15,20)(H,18,19). The van der Waals surface area contributed by atoms with Gasteiger partial charge in [-0.15, -0.1) is 0 Å². The predicted molar refractivity (Wildman–Crippen MR) is 73.2 cm³/mol. The molecule has 108 valence electrons. The molecular formula is C14H13N3O4. The molecule has 2 amide bonds. The fraction of sp³-hybridized carbons (Fsp3) is 0.214. The van der Waals surface area contributed by atoms with Gasteiger partial charge in [-0.2, -0.15) is 0 Å². The summed E-state index contributed by atoms with van der Waals surface area (Å²) in [5.41, 5.74) is 2.49. The van der Waals surface area contributed by atoms with Gasteiger partial charge in [0, 0.05) is 18.3 Å². The highest BCUT2D eigenvalue weighted by Gasteiger charge is 2.25. The lowest BCUT2D eigenvalue weighted by Gasteiger charge is -2.17. The summed E-state index contributed by atoms with van der Waals surface area (Å²) in [6, 6.07) is 6.23. The fourth-order valence-corrected chi connectivity index (χ4v) is 2.34. The summed E-state index contributed by atoms with van der Waals surface area (Å²) in [6.07, 6.45) is 2.09. The van der Waals surface area contributed by atoms with E-state index in [0.717, 1.165) is 11.3 Å². The molecule has 0 saturated heterocycles. The number of hydrogen-bond donors (Lipinski definition) is 2. The van der Waals surface area contributed by atoms with E-state index in [1.807, 2.05) is 0 Å². The van der Waals surface area contributed by atoms with E-state index in [0.29, 0.717) is 18.7 Å². The number of carboxylic acid groups (broad SMARTS) is 1. The van der Waals surface area contributed by atoms with Crippen molar-refractivity contribution < 1.29 is 19.2 Å². The van der Waals surface area contributed by atoms with Crippen molar-refractivity contribution in [3.05, 3.63) is 47.3 Å². The van der Waals surface area contributed by atoms with Crippen LogP contribution in [0.25, 0.3) is 0 Å². The van der Waals surface area contributed by atoms with Crippen molar-refractivity contribution in [2.75, 3.05) is 11.4 Å². The molecule has 21 heavy (non-hydrogen) atoms. The van der Waals surface area contributed by atoms with Gasteiger partial charge in [-0.1, -0.05) is 5.16 Å². The van der Waals surface area contributed by atoms with E-state index in [2.05, 4.69) is 10.5 Å². The zero-order valence-electron chi connectivity index (χ0n) is 11.1. The molecule has 1 aliphatic heterocycles. The maximum Gasteiger partial charge on any atom is 0.335 e. The molecule has 0 fully saturated rings. The lowest BCUT2D eigenvalue weighted by Crippen LogP contribution is -2.38. The Balaban J connectivity index is 1.71. The summed E-state index contributed by atoms with van der Waals surface area (Å²) in [4.78, 5) is 24.7. The third-order valence-electron chi connectivity index (χ3n) is 3.38. The number of amides is 2. The summed E-state index contributed by atoms with van der Waals surface area (Å²) >= 11 is 0. The quantitative estimate of drug-likeness (QED) is 0.894. The maximum atomic E-state index is 12.2. The van der Waals surface area contributed by atoms with Gasteiger partial charge in [0.25, 0.3) is 0 Å². The van der Waals surface area contributed by atoms with Crippen molar-refractivity contribution >= 4 is 17.7 Å². The molecule has 0 spiro atoms. The highest BCUT2D eigenvalue weighted by Crippen LogP contribution is 2.28. The first kappa shape index (κ1) is 13.2. The van der Waals surface area contributed by atoms with Crippen LogP contribution in [0.15, 0.2) is 35.1 Å². The number of anilines is 1. The molecule has 0 atom stereocenters. The van der Waals surface area contributed by atoms with Crippen molar-refractivity contribution in [2.45, 2.75) is 13.0 Å². The van der Waals surface area contributed by atoms with Crippen LogP contribution < -0.4 is 10.2 Å². The second kappa shape index (κ2) is 5.28. The zero-order valence-corrected chi connectivity index (χ0v) is 11.1. The van der Waals surface area contributed by atoms with Crippen LogP contribution in [-0.4, -0.2) is 28.8 Å². The van der Waals surface area contributed by atoms with Gasteiger partial charge in [-0.05, 0) is 30.2 Å². The smallest absolute Gasteiger partial charge is 0.335 e. The SMILES string of the molecule is O=C(O)c1ccc2c(c1)CCN2C(=O)NCc1ccon1. The van der Waals surface area contributed by atoms with Crippen LogP contribution in [0.4, 0.5) is 10.5 Å². The maximum absolute atomic E-state index is 12.2. The summed E-state index contributed by atoms with van der Waals surface area (Å²) < 4.78 is 4.69. The molecule has 0 radical (unpaired) electrons. The van der Waals surface area contributed by atoms with Crippen molar-refractivity contribution in [2.24, 2.45) is 0 Å². The Morgan fingerprint density at radius 2 is 2.24 bits per heavy atom. The summed E-state index contributed by atoms with van der Waals surface area (Å²) in [7, 11) is 0. The summed E-state index contributed by atoms with van der Waals surface area (Å²) in [5, 5.41) is 15.4. The van der Waals surface area contributed by atoms with Crippen molar-refractivity contribution in [3.63, 3.8) is 0 Å². The average Bonchev–Trinajstić information content (AvgIpc) is 3.13. The molecule has 2 heterocycles.